The monoisotopic (exact) mass is 1930 g/mol. The van der Waals surface area contributed by atoms with Gasteiger partial charge in [0.15, 0.2) is 29.1 Å². The summed E-state index contributed by atoms with van der Waals surface area (Å²) >= 11 is 11.3. The molecule has 16 aromatic rings. The van der Waals surface area contributed by atoms with Crippen molar-refractivity contribution in [1.82, 2.24) is 117 Å². The van der Waals surface area contributed by atoms with Gasteiger partial charge in [-0.15, -0.1) is 36.8 Å². The predicted molar refractivity (Wildman–Crippen MR) is 513 cm³/mol. The maximum absolute atomic E-state index is 12.2. The number of nitrogens with two attached hydrogens (primary N) is 1. The first-order valence-corrected chi connectivity index (χ1v) is 44.1. The molecule has 16 rings (SSSR count). The van der Waals surface area contributed by atoms with Crippen LogP contribution in [0.1, 0.15) is 63.2 Å². The maximum Gasteiger partial charge on any atom is 0.321 e. The van der Waals surface area contributed by atoms with E-state index in [1.807, 2.05) is 196 Å². The molecule has 130 heavy (non-hydrogen) atoms. The van der Waals surface area contributed by atoms with Gasteiger partial charge in [-0.25, -0.2) is 39.4 Å². The number of aryl methyl sites for hydroxylation is 1. The zero-order valence-electron chi connectivity index (χ0n) is 67.1. The summed E-state index contributed by atoms with van der Waals surface area (Å²) < 4.78 is 21.7. The number of hydrogen-bond acceptors (Lipinski definition) is 31. The largest absolute Gasteiger partial charge is 0.496 e. The molecule has 0 spiro atoms. The molecule has 0 saturated carbocycles. The standard InChI is InChI=1S/C18H16N8S.C18H17N5O2S2.C16H14BrN5O3S.C16H15N5O3S.C15H14N4OS.4CH4/c19-16-21-14(22-17(24-16)20-13-9-5-2-6-10-13)11-27-18-23-15(25-26-18)12-7-3-1-4-8-12;1-10-11(2)27-17(15(10)19-3)20-14(24)9-26-18-21-16(22-23-18)12-7-5-6-8-13(12)25-4;17-12-6-2-1-5-11(12)14-20-16(22-21-14)26-9-13(23)19-15(24)18-8-10-4-3-7-25-10;22-13(18-15(23)17-9-12-7-4-8-24-12)10-25-16-19-14(20-21-16)11-5-2-1-3-6-11;1-20-13-8-3-2-7-12(13)14-17-15(19-18-14)21-10-11-6-4-5-9-16-11;;;;/h1-10H,11H2,(H,23,25,26)(H3,19,20,21,22,24);5-8H,9H2,1-2,4H3,(H,20,24)(H,21,22,23);1-7H,8-9H2,(H,20,21,22)(H2,18,19,23,24);1-8H,9-10H2,(H,19,20,21)(H2,17,18,22,23);2-9H,10H2,1H3,(H,17,18,19);4*1H4. The number of pyridine rings is 1. The highest BCUT2D eigenvalue weighted by Gasteiger charge is 2.20. The number of carbonyl (C=O) groups is 5. The SMILES string of the molecule is C.C.C.C.COc1ccccc1-c1nc(SCc2ccccn2)n[nH]1.Nc1nc(CSc2n[nH]c(-c3ccccc3)n2)nc(Nc2ccccc2)n1.O=C(CSc1n[nH]c(-c2ccccc2)n1)NC(=O)NCc1ccco1.O=C(CSc1n[nH]c(-c2ccccc2Br)n1)NC(=O)NCc1ccco1.[C-]#[N+]c1c(NC(=O)CSc2n[nH]c(-c3ccccc3OC)n2)sc(C)c1C. The molecule has 0 saturated heterocycles. The Bertz CT molecular complexity index is 6220. The number of thiophene rings is 1. The minimum absolute atomic E-state index is 0. The van der Waals surface area contributed by atoms with Crippen molar-refractivity contribution in [2.75, 3.05) is 47.8 Å². The molecule has 10 aromatic heterocycles. The van der Waals surface area contributed by atoms with E-state index in [2.05, 4.69) is 149 Å². The van der Waals surface area contributed by atoms with Crippen LogP contribution in [-0.4, -0.2) is 157 Å². The molecule has 43 heteroatoms. The van der Waals surface area contributed by atoms with Crippen LogP contribution in [0.2, 0.25) is 0 Å². The van der Waals surface area contributed by atoms with Gasteiger partial charge in [0.1, 0.15) is 33.8 Å². The van der Waals surface area contributed by atoms with Crippen LogP contribution >= 0.6 is 86.1 Å². The molecule has 0 aliphatic rings. The van der Waals surface area contributed by atoms with Crippen molar-refractivity contribution in [3.05, 3.63) is 274 Å². The highest BCUT2D eigenvalue weighted by atomic mass is 79.9. The topological polar surface area (TPSA) is 492 Å². The number of nitrogens with one attached hydrogen (secondary N) is 11. The normalized spacial score (nSPS) is 10.2. The first-order valence-electron chi connectivity index (χ1n) is 37.6. The Balaban J connectivity index is 0.000000199. The number of furan rings is 2. The molecule has 0 aliphatic heterocycles. The number of nitrogen functional groups attached to an aromatic ring is 1. The quantitative estimate of drug-likeness (QED) is 0.0153. The summed E-state index contributed by atoms with van der Waals surface area (Å²) in [6, 6.07) is 63.4. The first kappa shape index (κ1) is 101. The highest BCUT2D eigenvalue weighted by molar-refractivity contribution is 9.10. The van der Waals surface area contributed by atoms with Gasteiger partial charge in [-0.2, -0.15) is 15.0 Å². The Morgan fingerprint density at radius 3 is 1.36 bits per heavy atom. The minimum atomic E-state index is -0.587. The van der Waals surface area contributed by atoms with Gasteiger partial charge in [-0.3, -0.25) is 55.5 Å². The molecule has 672 valence electrons. The molecule has 36 nitrogen and oxygen atoms in total. The number of thioether (sulfide) groups is 5. The summed E-state index contributed by atoms with van der Waals surface area (Å²) in [6.07, 6.45) is 4.81. The number of nitrogens with zero attached hydrogens (tertiary/aromatic N) is 15. The average molecular weight is 1930 g/mol. The zero-order valence-corrected chi connectivity index (χ0v) is 73.6. The summed E-state index contributed by atoms with van der Waals surface area (Å²) in [6.45, 7) is 11.5. The molecule has 13 N–H and O–H groups in total. The number of para-hydroxylation sites is 3. The van der Waals surface area contributed by atoms with Crippen LogP contribution in [-0.2, 0) is 39.0 Å². The maximum atomic E-state index is 12.2. The van der Waals surface area contributed by atoms with E-state index in [-0.39, 0.29) is 71.9 Å². The van der Waals surface area contributed by atoms with E-state index in [1.54, 1.807) is 56.4 Å². The number of benzene rings is 6. The molecule has 0 atom stereocenters. The molecule has 6 aromatic carbocycles. The number of imide groups is 2. The Labute approximate surface area is 782 Å². The summed E-state index contributed by atoms with van der Waals surface area (Å²) in [5.41, 5.74) is 13.6. The zero-order chi connectivity index (χ0) is 88.2. The Kier molecular flexibility index (Phi) is 41.0. The minimum Gasteiger partial charge on any atom is -0.496 e. The second-order valence-corrected chi connectivity index (χ2v) is 32.2. The predicted octanol–water partition coefficient (Wildman–Crippen LogP) is 18.6. The lowest BCUT2D eigenvalue weighted by molar-refractivity contribution is -0.118. The molecule has 0 unspecified atom stereocenters. The summed E-state index contributed by atoms with van der Waals surface area (Å²) in [4.78, 5) is 103. The number of ether oxygens (including phenoxy) is 2. The Hall–Kier alpha value is -14.3. The van der Waals surface area contributed by atoms with Crippen molar-refractivity contribution in [3.63, 3.8) is 0 Å². The van der Waals surface area contributed by atoms with Gasteiger partial charge >= 0.3 is 12.1 Å². The van der Waals surface area contributed by atoms with E-state index in [0.29, 0.717) is 94.6 Å². The third-order valence-electron chi connectivity index (χ3n) is 16.6. The number of aromatic nitrogens is 19. The second-order valence-electron chi connectivity index (χ2n) is 25.4. The van der Waals surface area contributed by atoms with Crippen LogP contribution in [0.3, 0.4) is 0 Å². The Morgan fingerprint density at radius 1 is 0.477 bits per heavy atom. The van der Waals surface area contributed by atoms with E-state index in [0.717, 1.165) is 95.0 Å². The van der Waals surface area contributed by atoms with Crippen molar-refractivity contribution in [2.45, 2.75) is 93.9 Å². The average Bonchev–Trinajstić information content (AvgIpc) is 1.66. The van der Waals surface area contributed by atoms with Crippen LogP contribution < -0.4 is 47.1 Å². The third kappa shape index (κ3) is 31.3. The lowest BCUT2D eigenvalue weighted by Gasteiger charge is -2.06. The fraction of sp³-hybridized carbons (Fsp3) is 0.172. The number of aromatic amines is 5. The van der Waals surface area contributed by atoms with E-state index in [9.17, 15) is 24.0 Å². The van der Waals surface area contributed by atoms with E-state index in [1.165, 1.54) is 47.4 Å². The van der Waals surface area contributed by atoms with Crippen LogP contribution in [0.4, 0.5) is 37.9 Å². The number of methoxy groups -OCH3 is 2. The molecule has 0 aliphatic carbocycles. The number of H-pyrrole nitrogens is 5. The summed E-state index contributed by atoms with van der Waals surface area (Å²) in [7, 11) is 3.24. The van der Waals surface area contributed by atoms with E-state index < -0.39 is 23.9 Å². The summed E-state index contributed by atoms with van der Waals surface area (Å²) in [5, 5.41) is 53.8. The van der Waals surface area contributed by atoms with Gasteiger partial charge in [0.25, 0.3) is 0 Å². The van der Waals surface area contributed by atoms with Crippen molar-refractivity contribution in [2.24, 2.45) is 0 Å². The molecule has 7 amide bonds. The Morgan fingerprint density at radius 2 is 0.900 bits per heavy atom. The molecular formula is C87H92BrN27O9S6. The fourth-order valence-corrected chi connectivity index (χ4v) is 15.3. The fourth-order valence-electron chi connectivity index (χ4n) is 10.6. The first-order chi connectivity index (χ1) is 61.5. The molecule has 0 radical (unpaired) electrons. The van der Waals surface area contributed by atoms with Gasteiger partial charge in [0, 0.05) is 38.8 Å². The number of carbonyl (C=O) groups excluding carboxylic acids is 5. The van der Waals surface area contributed by atoms with E-state index in [4.69, 9.17) is 30.6 Å². The van der Waals surface area contributed by atoms with Gasteiger partial charge < -0.3 is 45.3 Å². The third-order valence-corrected chi connectivity index (χ3v) is 22.7. The van der Waals surface area contributed by atoms with Gasteiger partial charge in [-0.05, 0) is 103 Å². The van der Waals surface area contributed by atoms with Gasteiger partial charge in [0.2, 0.25) is 61.1 Å². The number of halogens is 1. The number of anilines is 4. The number of hydrogen-bond donors (Lipinski definition) is 12. The van der Waals surface area contributed by atoms with Gasteiger partial charge in [-0.1, -0.05) is 232 Å². The number of rotatable bonds is 29. The van der Waals surface area contributed by atoms with E-state index >= 15 is 0 Å². The van der Waals surface area contributed by atoms with Crippen LogP contribution in [0.15, 0.2) is 264 Å². The second kappa shape index (κ2) is 52.7. The smallest absolute Gasteiger partial charge is 0.321 e. The van der Waals surface area contributed by atoms with Crippen molar-refractivity contribution in [1.29, 1.82) is 0 Å². The van der Waals surface area contributed by atoms with Crippen molar-refractivity contribution < 1.29 is 42.3 Å². The molecule has 0 fully saturated rings. The highest BCUT2D eigenvalue weighted by Crippen LogP contribution is 2.40. The van der Waals surface area contributed by atoms with Crippen LogP contribution in [0.5, 0.6) is 11.5 Å². The number of amides is 7. The van der Waals surface area contributed by atoms with Gasteiger partial charge in [0.05, 0.1) is 86.2 Å². The lowest BCUT2D eigenvalue weighted by atomic mass is 10.2. The van der Waals surface area contributed by atoms with Crippen LogP contribution in [0, 0.1) is 20.4 Å². The summed E-state index contributed by atoms with van der Waals surface area (Å²) in [5.74, 6) is 7.34. The molecule has 10 heterocycles. The van der Waals surface area contributed by atoms with Crippen LogP contribution in [0.25, 0.3) is 61.8 Å². The number of urea groups is 2. The molecule has 0 bridgehead atoms. The van der Waals surface area contributed by atoms with Crippen molar-refractivity contribution >= 4 is 144 Å². The molecular weight excluding hydrogens is 1840 g/mol. The van der Waals surface area contributed by atoms with Crippen molar-refractivity contribution in [3.8, 4) is 68.4 Å². The lowest BCUT2D eigenvalue weighted by Crippen LogP contribution is -2.39.